The molecule has 1 unspecified atom stereocenters. The van der Waals surface area contributed by atoms with Crippen molar-refractivity contribution in [1.82, 2.24) is 5.32 Å². The van der Waals surface area contributed by atoms with Crippen LogP contribution < -0.4 is 5.32 Å². The number of aryl methyl sites for hydroxylation is 1. The van der Waals surface area contributed by atoms with Crippen molar-refractivity contribution >= 4 is 11.9 Å². The minimum Gasteiger partial charge on any atom is -0.467 e. The molecule has 1 N–H and O–H groups in total. The minimum atomic E-state index is -0.626. The van der Waals surface area contributed by atoms with E-state index in [4.69, 9.17) is 0 Å². The summed E-state index contributed by atoms with van der Waals surface area (Å²) in [7, 11) is 1.31. The fraction of sp³-hybridized carbons (Fsp3) is 0.385. The Labute approximate surface area is 101 Å². The molecule has 0 aromatic heterocycles. The van der Waals surface area contributed by atoms with E-state index in [0.29, 0.717) is 6.42 Å². The zero-order valence-corrected chi connectivity index (χ0v) is 10.3. The third-order valence-corrected chi connectivity index (χ3v) is 2.55. The lowest BCUT2D eigenvalue weighted by Crippen LogP contribution is -2.42. The Balaban J connectivity index is 2.82. The number of carbonyl (C=O) groups excluding carboxylic acids is 2. The van der Waals surface area contributed by atoms with Crippen molar-refractivity contribution in [3.05, 3.63) is 35.4 Å². The molecule has 0 aliphatic carbocycles. The number of rotatable bonds is 4. The Morgan fingerprint density at radius 3 is 2.53 bits per heavy atom. The van der Waals surface area contributed by atoms with Gasteiger partial charge in [0, 0.05) is 13.3 Å². The summed E-state index contributed by atoms with van der Waals surface area (Å²) in [4.78, 5) is 22.6. The van der Waals surface area contributed by atoms with Crippen molar-refractivity contribution in [2.75, 3.05) is 7.11 Å². The van der Waals surface area contributed by atoms with Gasteiger partial charge in [0.25, 0.3) is 0 Å². The summed E-state index contributed by atoms with van der Waals surface area (Å²) >= 11 is 0. The number of esters is 1. The molecule has 4 heteroatoms. The summed E-state index contributed by atoms with van der Waals surface area (Å²) in [5.41, 5.74) is 2.11. The van der Waals surface area contributed by atoms with Gasteiger partial charge in [-0.3, -0.25) is 4.79 Å². The highest BCUT2D eigenvalue weighted by atomic mass is 16.5. The van der Waals surface area contributed by atoms with Crippen LogP contribution in [0.2, 0.25) is 0 Å². The Morgan fingerprint density at radius 2 is 2.00 bits per heavy atom. The smallest absolute Gasteiger partial charge is 0.328 e. The van der Waals surface area contributed by atoms with Crippen molar-refractivity contribution in [2.24, 2.45) is 0 Å². The summed E-state index contributed by atoms with van der Waals surface area (Å²) in [6, 6.07) is 7.12. The van der Waals surface area contributed by atoms with Gasteiger partial charge in [0.1, 0.15) is 6.04 Å². The average Bonchev–Trinajstić information content (AvgIpc) is 2.29. The first-order valence-corrected chi connectivity index (χ1v) is 5.44. The monoisotopic (exact) mass is 235 g/mol. The van der Waals surface area contributed by atoms with Crippen LogP contribution in [0.25, 0.3) is 0 Å². The lowest BCUT2D eigenvalue weighted by molar-refractivity contribution is -0.144. The first-order chi connectivity index (χ1) is 8.04. The highest BCUT2D eigenvalue weighted by molar-refractivity contribution is 5.83. The molecule has 0 bridgehead atoms. The van der Waals surface area contributed by atoms with Crippen molar-refractivity contribution in [3.63, 3.8) is 0 Å². The summed E-state index contributed by atoms with van der Waals surface area (Å²) in [5, 5.41) is 2.59. The van der Waals surface area contributed by atoms with Crippen LogP contribution in [0.3, 0.4) is 0 Å². The zero-order chi connectivity index (χ0) is 12.8. The van der Waals surface area contributed by atoms with Crippen LogP contribution in [-0.2, 0) is 20.7 Å². The lowest BCUT2D eigenvalue weighted by Gasteiger charge is -2.16. The Morgan fingerprint density at radius 1 is 1.35 bits per heavy atom. The molecule has 1 aromatic rings. The molecule has 0 heterocycles. The molecule has 1 atom stereocenters. The second kappa shape index (κ2) is 6.03. The maximum absolute atomic E-state index is 11.5. The third-order valence-electron chi connectivity index (χ3n) is 2.55. The summed E-state index contributed by atoms with van der Waals surface area (Å²) in [5.74, 6) is -0.669. The predicted molar refractivity (Wildman–Crippen MR) is 64.5 cm³/mol. The van der Waals surface area contributed by atoms with Crippen LogP contribution in [0, 0.1) is 6.92 Å². The number of methoxy groups -OCH3 is 1. The van der Waals surface area contributed by atoms with Crippen LogP contribution in [0.15, 0.2) is 24.3 Å². The molecule has 4 nitrogen and oxygen atoms in total. The summed E-state index contributed by atoms with van der Waals surface area (Å²) in [6.07, 6.45) is 0.443. The molecule has 0 saturated heterocycles. The summed E-state index contributed by atoms with van der Waals surface area (Å²) < 4.78 is 4.67. The molecule has 0 radical (unpaired) electrons. The molecule has 92 valence electrons. The highest BCUT2D eigenvalue weighted by Gasteiger charge is 2.20. The van der Waals surface area contributed by atoms with Crippen molar-refractivity contribution < 1.29 is 14.3 Å². The first-order valence-electron chi connectivity index (χ1n) is 5.44. The van der Waals surface area contributed by atoms with Crippen LogP contribution in [-0.4, -0.2) is 25.0 Å². The maximum atomic E-state index is 11.5. The molecular weight excluding hydrogens is 218 g/mol. The van der Waals surface area contributed by atoms with Gasteiger partial charge in [-0.15, -0.1) is 0 Å². The fourth-order valence-corrected chi connectivity index (χ4v) is 1.64. The van der Waals surface area contributed by atoms with E-state index < -0.39 is 12.0 Å². The highest BCUT2D eigenvalue weighted by Crippen LogP contribution is 2.10. The Hall–Kier alpha value is -1.84. The van der Waals surface area contributed by atoms with E-state index in [2.05, 4.69) is 10.1 Å². The van der Waals surface area contributed by atoms with Crippen molar-refractivity contribution in [2.45, 2.75) is 26.3 Å². The normalized spacial score (nSPS) is 11.7. The molecule has 0 saturated carbocycles. The molecule has 17 heavy (non-hydrogen) atoms. The van der Waals surface area contributed by atoms with Crippen molar-refractivity contribution in [1.29, 1.82) is 0 Å². The zero-order valence-electron chi connectivity index (χ0n) is 10.3. The average molecular weight is 235 g/mol. The van der Waals surface area contributed by atoms with Gasteiger partial charge in [0.2, 0.25) is 5.91 Å². The second-order valence-corrected chi connectivity index (χ2v) is 3.91. The number of amides is 1. The largest absolute Gasteiger partial charge is 0.467 e. The second-order valence-electron chi connectivity index (χ2n) is 3.91. The quantitative estimate of drug-likeness (QED) is 0.798. The molecule has 0 spiro atoms. The molecular formula is C13H17NO3. The topological polar surface area (TPSA) is 55.4 Å². The van der Waals surface area contributed by atoms with Crippen LogP contribution >= 0.6 is 0 Å². The van der Waals surface area contributed by atoms with Gasteiger partial charge < -0.3 is 10.1 Å². The number of hydrogen-bond acceptors (Lipinski definition) is 3. The van der Waals surface area contributed by atoms with E-state index >= 15 is 0 Å². The Kier molecular flexibility index (Phi) is 4.69. The third kappa shape index (κ3) is 3.90. The van der Waals surface area contributed by atoms with Gasteiger partial charge in [0.15, 0.2) is 0 Å². The lowest BCUT2D eigenvalue weighted by atomic mass is 10.0. The van der Waals surface area contributed by atoms with Crippen molar-refractivity contribution in [3.8, 4) is 0 Å². The van der Waals surface area contributed by atoms with E-state index in [1.165, 1.54) is 14.0 Å². The molecule has 1 amide bonds. The van der Waals surface area contributed by atoms with Gasteiger partial charge in [-0.25, -0.2) is 4.79 Å². The molecule has 0 aliphatic rings. The van der Waals surface area contributed by atoms with E-state index in [1.807, 2.05) is 31.2 Å². The van der Waals surface area contributed by atoms with Gasteiger partial charge in [0.05, 0.1) is 7.11 Å². The predicted octanol–water partition coefficient (Wildman–Crippen LogP) is 1.22. The van der Waals surface area contributed by atoms with Crippen LogP contribution in [0.5, 0.6) is 0 Å². The standard InChI is InChI=1S/C13H17NO3/c1-9-6-4-5-7-11(9)8-12(13(16)17-3)14-10(2)15/h4-7,12H,8H2,1-3H3,(H,14,15). The number of carbonyl (C=O) groups is 2. The number of benzene rings is 1. The number of ether oxygens (including phenoxy) is 1. The van der Waals surface area contributed by atoms with Gasteiger partial charge in [-0.1, -0.05) is 24.3 Å². The van der Waals surface area contributed by atoms with Gasteiger partial charge in [-0.05, 0) is 18.1 Å². The molecule has 0 fully saturated rings. The van der Waals surface area contributed by atoms with Gasteiger partial charge in [-0.2, -0.15) is 0 Å². The van der Waals surface area contributed by atoms with E-state index in [-0.39, 0.29) is 5.91 Å². The summed E-state index contributed by atoms with van der Waals surface area (Å²) in [6.45, 7) is 3.35. The maximum Gasteiger partial charge on any atom is 0.328 e. The minimum absolute atomic E-state index is 0.242. The molecule has 1 rings (SSSR count). The SMILES string of the molecule is COC(=O)C(Cc1ccccc1C)NC(C)=O. The fourth-order valence-electron chi connectivity index (χ4n) is 1.64. The Bertz CT molecular complexity index is 415. The number of nitrogens with one attached hydrogen (secondary N) is 1. The number of hydrogen-bond donors (Lipinski definition) is 1. The van der Waals surface area contributed by atoms with E-state index in [1.54, 1.807) is 0 Å². The first kappa shape index (κ1) is 13.2. The van der Waals surface area contributed by atoms with Gasteiger partial charge >= 0.3 is 5.97 Å². The van der Waals surface area contributed by atoms with Crippen LogP contribution in [0.1, 0.15) is 18.1 Å². The van der Waals surface area contributed by atoms with E-state index in [0.717, 1.165) is 11.1 Å². The van der Waals surface area contributed by atoms with Crippen LogP contribution in [0.4, 0.5) is 0 Å². The molecule has 1 aromatic carbocycles. The van der Waals surface area contributed by atoms with E-state index in [9.17, 15) is 9.59 Å². The molecule has 0 aliphatic heterocycles.